The number of carbonyl (C=O) groups is 1. The number of aryl methyl sites for hydroxylation is 1. The van der Waals surface area contributed by atoms with Crippen molar-refractivity contribution in [3.05, 3.63) is 73.7 Å². The van der Waals surface area contributed by atoms with Gasteiger partial charge >= 0.3 is 0 Å². The Bertz CT molecular complexity index is 922. The fraction of sp³-hybridized carbons (Fsp3) is 0.100. The molecule has 0 unspecified atom stereocenters. The lowest BCUT2D eigenvalue weighted by atomic mass is 10.1. The van der Waals surface area contributed by atoms with Gasteiger partial charge in [-0.1, -0.05) is 36.4 Å². The highest BCUT2D eigenvalue weighted by Crippen LogP contribution is 2.35. The molecule has 4 nitrogen and oxygen atoms in total. The quantitative estimate of drug-likeness (QED) is 0.283. The van der Waals surface area contributed by atoms with Gasteiger partial charge in [-0.05, 0) is 74.2 Å². The van der Waals surface area contributed by atoms with Gasteiger partial charge in [-0.3, -0.25) is 4.79 Å². The van der Waals surface area contributed by atoms with Crippen LogP contribution in [-0.4, -0.2) is 12.5 Å². The average molecular weight is 511 g/mol. The molecule has 0 spiro atoms. The summed E-state index contributed by atoms with van der Waals surface area (Å²) in [5, 5.41) is 12.5. The van der Waals surface area contributed by atoms with Gasteiger partial charge in [0.1, 0.15) is 24.0 Å². The number of halogens is 3. The second kappa shape index (κ2) is 9.75. The molecule has 0 heterocycles. The molecular weight excluding hydrogens is 495 g/mol. The first-order chi connectivity index (χ1) is 12.9. The van der Waals surface area contributed by atoms with Gasteiger partial charge in [0.05, 0.1) is 19.7 Å². The third-order valence-corrected chi connectivity index (χ3v) is 5.00. The van der Waals surface area contributed by atoms with Crippen LogP contribution in [0.3, 0.4) is 0 Å². The Morgan fingerprint density at radius 2 is 2.04 bits per heavy atom. The molecule has 2 aromatic carbocycles. The summed E-state index contributed by atoms with van der Waals surface area (Å²) in [6.45, 7) is 5.80. The van der Waals surface area contributed by atoms with Gasteiger partial charge in [0.25, 0.3) is 5.91 Å². The maximum Gasteiger partial charge on any atom is 0.266 e. The minimum atomic E-state index is -0.534. The topological polar surface area (TPSA) is 62.1 Å². The maximum absolute atomic E-state index is 12.5. The van der Waals surface area contributed by atoms with Crippen LogP contribution in [0.25, 0.3) is 6.08 Å². The zero-order valence-electron chi connectivity index (χ0n) is 14.4. The molecule has 0 saturated heterocycles. The van der Waals surface area contributed by atoms with Gasteiger partial charge < -0.3 is 10.1 Å². The molecule has 0 aliphatic carbocycles. The molecule has 1 amide bonds. The van der Waals surface area contributed by atoms with Crippen LogP contribution in [0.15, 0.2) is 57.5 Å². The molecule has 0 atom stereocenters. The van der Waals surface area contributed by atoms with E-state index in [1.807, 2.05) is 19.1 Å². The summed E-state index contributed by atoms with van der Waals surface area (Å²) in [5.41, 5.74) is 1.90. The van der Waals surface area contributed by atoms with E-state index < -0.39 is 5.91 Å². The summed E-state index contributed by atoms with van der Waals surface area (Å²) in [5.74, 6) is 0.0784. The Morgan fingerprint density at radius 3 is 2.59 bits per heavy atom. The van der Waals surface area contributed by atoms with E-state index in [-0.39, 0.29) is 5.57 Å². The molecule has 0 saturated carbocycles. The first kappa shape index (κ1) is 21.2. The Balaban J connectivity index is 2.31. The first-order valence-electron chi connectivity index (χ1n) is 7.78. The smallest absolute Gasteiger partial charge is 0.266 e. The van der Waals surface area contributed by atoms with Crippen LogP contribution in [0, 0.1) is 18.3 Å². The zero-order chi connectivity index (χ0) is 20.0. The van der Waals surface area contributed by atoms with Crippen molar-refractivity contribution in [3.63, 3.8) is 0 Å². The zero-order valence-corrected chi connectivity index (χ0v) is 18.3. The van der Waals surface area contributed by atoms with Crippen LogP contribution >= 0.6 is 43.5 Å². The molecule has 0 radical (unpaired) electrons. The van der Waals surface area contributed by atoms with Crippen LogP contribution in [0.1, 0.15) is 11.1 Å². The summed E-state index contributed by atoms with van der Waals surface area (Å²) in [4.78, 5) is 12.5. The summed E-state index contributed by atoms with van der Waals surface area (Å²) < 4.78 is 6.93. The Kier molecular flexibility index (Phi) is 7.66. The number of para-hydroxylation sites is 1. The maximum atomic E-state index is 12.5. The lowest BCUT2D eigenvalue weighted by Gasteiger charge is -2.11. The van der Waals surface area contributed by atoms with Crippen molar-refractivity contribution in [2.24, 2.45) is 0 Å². The molecule has 27 heavy (non-hydrogen) atoms. The molecule has 0 bridgehead atoms. The molecule has 0 fully saturated rings. The fourth-order valence-corrected chi connectivity index (χ4v) is 3.95. The number of nitrogens with zero attached hydrogens (tertiary/aromatic N) is 1. The Labute approximate surface area is 179 Å². The molecule has 1 N–H and O–H groups in total. The second-order valence-corrected chi connectivity index (χ2v) is 7.58. The third kappa shape index (κ3) is 5.46. The Morgan fingerprint density at radius 1 is 1.37 bits per heavy atom. The van der Waals surface area contributed by atoms with Crippen molar-refractivity contribution < 1.29 is 9.53 Å². The average Bonchev–Trinajstić information content (AvgIpc) is 2.62. The highest BCUT2D eigenvalue weighted by Gasteiger charge is 2.14. The summed E-state index contributed by atoms with van der Waals surface area (Å²) >= 11 is 13.0. The summed E-state index contributed by atoms with van der Waals surface area (Å²) in [6, 6.07) is 10.7. The van der Waals surface area contributed by atoms with Crippen LogP contribution in [0.2, 0.25) is 5.02 Å². The van der Waals surface area contributed by atoms with E-state index in [0.717, 1.165) is 5.56 Å². The SMILES string of the molecule is C=CCOc1c(Br)cc(/C=C(\C#N)C(=O)Nc2c(C)cccc2Cl)cc1Br. The minimum absolute atomic E-state index is 0.0483. The normalized spacial score (nSPS) is 10.9. The van der Waals surface area contributed by atoms with Gasteiger partial charge in [-0.25, -0.2) is 0 Å². The van der Waals surface area contributed by atoms with Crippen molar-refractivity contribution >= 4 is 61.1 Å². The second-order valence-electron chi connectivity index (χ2n) is 5.47. The fourth-order valence-electron chi connectivity index (χ4n) is 2.23. The number of hydrogen-bond donors (Lipinski definition) is 1. The van der Waals surface area contributed by atoms with Crippen molar-refractivity contribution in [3.8, 4) is 11.8 Å². The largest absolute Gasteiger partial charge is 0.487 e. The molecule has 0 aliphatic rings. The summed E-state index contributed by atoms with van der Waals surface area (Å²) in [6.07, 6.45) is 3.13. The van der Waals surface area contributed by atoms with E-state index >= 15 is 0 Å². The number of nitriles is 1. The van der Waals surface area contributed by atoms with Crippen LogP contribution in [0.5, 0.6) is 5.75 Å². The van der Waals surface area contributed by atoms with Gasteiger partial charge in [-0.15, -0.1) is 0 Å². The number of carbonyl (C=O) groups excluding carboxylic acids is 1. The van der Waals surface area contributed by atoms with Crippen LogP contribution < -0.4 is 10.1 Å². The van der Waals surface area contributed by atoms with E-state index in [1.54, 1.807) is 30.3 Å². The van der Waals surface area contributed by atoms with Gasteiger partial charge in [0.2, 0.25) is 0 Å². The number of amides is 1. The number of benzene rings is 2. The number of rotatable bonds is 6. The molecule has 2 rings (SSSR count). The van der Waals surface area contributed by atoms with Crippen molar-refractivity contribution in [2.75, 3.05) is 11.9 Å². The number of nitrogens with one attached hydrogen (secondary N) is 1. The monoisotopic (exact) mass is 508 g/mol. The predicted molar refractivity (Wildman–Crippen MR) is 116 cm³/mol. The van der Waals surface area contributed by atoms with E-state index in [0.29, 0.717) is 37.6 Å². The lowest BCUT2D eigenvalue weighted by Crippen LogP contribution is -2.14. The number of ether oxygens (including phenoxy) is 1. The van der Waals surface area contributed by atoms with Crippen LogP contribution in [0.4, 0.5) is 5.69 Å². The molecule has 0 aliphatic heterocycles. The van der Waals surface area contributed by atoms with Crippen molar-refractivity contribution in [1.29, 1.82) is 5.26 Å². The van der Waals surface area contributed by atoms with E-state index in [9.17, 15) is 10.1 Å². The molecule has 2 aromatic rings. The van der Waals surface area contributed by atoms with E-state index in [1.165, 1.54) is 6.08 Å². The molecule has 138 valence electrons. The summed E-state index contributed by atoms with van der Waals surface area (Å²) in [7, 11) is 0. The molecular formula is C20H15Br2ClN2O2. The van der Waals surface area contributed by atoms with Crippen molar-refractivity contribution in [1.82, 2.24) is 0 Å². The Hall–Kier alpha value is -2.07. The molecule has 0 aromatic heterocycles. The number of hydrogen-bond acceptors (Lipinski definition) is 3. The third-order valence-electron chi connectivity index (χ3n) is 3.50. The van der Waals surface area contributed by atoms with Gasteiger partial charge in [-0.2, -0.15) is 5.26 Å². The highest BCUT2D eigenvalue weighted by molar-refractivity contribution is 9.11. The van der Waals surface area contributed by atoms with Gasteiger partial charge in [0.15, 0.2) is 0 Å². The first-order valence-corrected chi connectivity index (χ1v) is 9.74. The van der Waals surface area contributed by atoms with Crippen LogP contribution in [-0.2, 0) is 4.79 Å². The standard InChI is InChI=1S/C20H15Br2ClN2O2/c1-3-7-27-19-15(21)9-13(10-16(19)22)8-14(11-24)20(26)25-18-12(2)5-4-6-17(18)23/h3-6,8-10H,1,7H2,2H3,(H,25,26)/b14-8+. The van der Waals surface area contributed by atoms with Crippen molar-refractivity contribution in [2.45, 2.75) is 6.92 Å². The minimum Gasteiger partial charge on any atom is -0.487 e. The number of anilines is 1. The van der Waals surface area contributed by atoms with E-state index in [2.05, 4.69) is 43.8 Å². The molecule has 7 heteroatoms. The van der Waals surface area contributed by atoms with E-state index in [4.69, 9.17) is 16.3 Å². The predicted octanol–water partition coefficient (Wildman–Crippen LogP) is 6.28. The van der Waals surface area contributed by atoms with Gasteiger partial charge in [0, 0.05) is 0 Å². The highest BCUT2D eigenvalue weighted by atomic mass is 79.9. The lowest BCUT2D eigenvalue weighted by molar-refractivity contribution is -0.112.